The van der Waals surface area contributed by atoms with Crippen molar-refractivity contribution in [1.29, 1.82) is 0 Å². The van der Waals surface area contributed by atoms with Crippen LogP contribution in [0.1, 0.15) is 50.3 Å². The van der Waals surface area contributed by atoms with Crippen LogP contribution in [0.2, 0.25) is 0 Å². The molecule has 0 bridgehead atoms. The summed E-state index contributed by atoms with van der Waals surface area (Å²) in [6.07, 6.45) is 1.74. The Hall–Kier alpha value is -1.49. The third kappa shape index (κ3) is 2.55. The molecule has 3 nitrogen and oxygen atoms in total. The van der Waals surface area contributed by atoms with Gasteiger partial charge in [0.25, 0.3) is 0 Å². The van der Waals surface area contributed by atoms with E-state index in [1.165, 1.54) is 19.1 Å². The molecule has 0 aromatic heterocycles. The van der Waals surface area contributed by atoms with Crippen LogP contribution in [-0.4, -0.2) is 28.1 Å². The number of carboxylic acids is 1. The first kappa shape index (κ1) is 15.9. The highest BCUT2D eigenvalue weighted by Gasteiger charge is 2.48. The Morgan fingerprint density at radius 2 is 2.10 bits per heavy atom. The maximum Gasteiger partial charge on any atom is 0.324 e. The third-order valence-corrected chi connectivity index (χ3v) is 4.72. The summed E-state index contributed by atoms with van der Waals surface area (Å²) in [5.41, 5.74) is -0.503. The second-order valence-corrected chi connectivity index (χ2v) is 5.79. The predicted molar refractivity (Wildman–Crippen MR) is 76.1 cm³/mol. The van der Waals surface area contributed by atoms with Crippen LogP contribution in [-0.2, 0) is 4.79 Å². The number of carboxylic acid groups (broad SMARTS) is 1. The van der Waals surface area contributed by atoms with E-state index in [-0.39, 0.29) is 11.1 Å². The number of rotatable bonds is 4. The van der Waals surface area contributed by atoms with E-state index in [9.17, 15) is 18.7 Å². The van der Waals surface area contributed by atoms with Gasteiger partial charge in [0.15, 0.2) is 0 Å². The molecule has 0 amide bonds. The van der Waals surface area contributed by atoms with Crippen LogP contribution in [0.3, 0.4) is 0 Å². The van der Waals surface area contributed by atoms with Gasteiger partial charge in [-0.1, -0.05) is 6.92 Å². The predicted octanol–water partition coefficient (Wildman–Crippen LogP) is 3.66. The Morgan fingerprint density at radius 3 is 2.67 bits per heavy atom. The Morgan fingerprint density at radius 1 is 1.43 bits per heavy atom. The molecule has 0 saturated carbocycles. The first-order chi connectivity index (χ1) is 9.83. The number of benzene rings is 1. The maximum absolute atomic E-state index is 14.2. The molecular weight excluding hydrogens is 276 g/mol. The first-order valence-corrected chi connectivity index (χ1v) is 7.29. The van der Waals surface area contributed by atoms with E-state index in [2.05, 4.69) is 0 Å². The summed E-state index contributed by atoms with van der Waals surface area (Å²) in [5, 5.41) is 9.59. The number of aliphatic carboxylic acids is 1. The normalized spacial score (nSPS) is 24.2. The van der Waals surface area contributed by atoms with E-state index in [4.69, 9.17) is 0 Å². The van der Waals surface area contributed by atoms with Gasteiger partial charge in [0, 0.05) is 11.6 Å². The molecule has 1 heterocycles. The molecule has 1 aromatic carbocycles. The second kappa shape index (κ2) is 5.72. The van der Waals surface area contributed by atoms with Gasteiger partial charge in [-0.05, 0) is 57.4 Å². The summed E-state index contributed by atoms with van der Waals surface area (Å²) in [4.78, 5) is 13.5. The van der Waals surface area contributed by atoms with Crippen LogP contribution < -0.4 is 0 Å². The summed E-state index contributed by atoms with van der Waals surface area (Å²) in [6.45, 7) is 5.66. The van der Waals surface area contributed by atoms with Gasteiger partial charge in [0.05, 0.1) is 0 Å². The van der Waals surface area contributed by atoms with Gasteiger partial charge in [-0.2, -0.15) is 0 Å². The zero-order valence-corrected chi connectivity index (χ0v) is 12.6. The van der Waals surface area contributed by atoms with Crippen molar-refractivity contribution in [3.63, 3.8) is 0 Å². The number of likely N-dealkylation sites (tertiary alicyclic amines) is 1. The number of hydrogen-bond acceptors (Lipinski definition) is 2. The van der Waals surface area contributed by atoms with Crippen molar-refractivity contribution in [2.45, 2.75) is 51.6 Å². The van der Waals surface area contributed by atoms with Crippen LogP contribution in [0.5, 0.6) is 0 Å². The van der Waals surface area contributed by atoms with Crippen LogP contribution in [0.25, 0.3) is 0 Å². The average molecular weight is 297 g/mol. The lowest BCUT2D eigenvalue weighted by molar-refractivity contribution is -0.151. The molecule has 2 rings (SSSR count). The molecule has 21 heavy (non-hydrogen) atoms. The van der Waals surface area contributed by atoms with Crippen molar-refractivity contribution in [3.05, 3.63) is 34.9 Å². The molecule has 0 aliphatic carbocycles. The molecule has 5 heteroatoms. The van der Waals surface area contributed by atoms with E-state index in [1.807, 2.05) is 6.92 Å². The van der Waals surface area contributed by atoms with E-state index in [0.29, 0.717) is 19.4 Å². The number of aryl methyl sites for hydroxylation is 1. The Labute approximate surface area is 123 Å². The molecule has 1 aromatic rings. The topological polar surface area (TPSA) is 40.5 Å². The van der Waals surface area contributed by atoms with E-state index in [0.717, 1.165) is 6.42 Å². The maximum atomic E-state index is 14.2. The number of hydrogen-bond donors (Lipinski definition) is 1. The van der Waals surface area contributed by atoms with E-state index < -0.39 is 29.2 Å². The van der Waals surface area contributed by atoms with Crippen LogP contribution in [0, 0.1) is 18.6 Å². The average Bonchev–Trinajstić information content (AvgIpc) is 2.87. The van der Waals surface area contributed by atoms with E-state index in [1.54, 1.807) is 11.8 Å². The summed E-state index contributed by atoms with van der Waals surface area (Å²) < 4.78 is 27.9. The Kier molecular flexibility index (Phi) is 4.33. The molecule has 116 valence electrons. The molecule has 1 aliphatic rings. The van der Waals surface area contributed by atoms with Gasteiger partial charge in [-0.15, -0.1) is 0 Å². The molecule has 2 unspecified atom stereocenters. The minimum Gasteiger partial charge on any atom is -0.480 e. The lowest BCUT2D eigenvalue weighted by Gasteiger charge is -2.38. The molecule has 1 fully saturated rings. The fourth-order valence-corrected chi connectivity index (χ4v) is 3.37. The lowest BCUT2D eigenvalue weighted by Crippen LogP contribution is -2.51. The highest BCUT2D eigenvalue weighted by Crippen LogP contribution is 2.40. The molecule has 0 radical (unpaired) electrons. The molecular formula is C16H21F2NO2. The smallest absolute Gasteiger partial charge is 0.324 e. The Balaban J connectivity index is 2.42. The zero-order chi connectivity index (χ0) is 15.8. The molecule has 0 spiro atoms. The quantitative estimate of drug-likeness (QED) is 0.922. The zero-order valence-electron chi connectivity index (χ0n) is 12.6. The van der Waals surface area contributed by atoms with Gasteiger partial charge in [0.2, 0.25) is 0 Å². The number of halogens is 2. The fraction of sp³-hybridized carbons (Fsp3) is 0.562. The van der Waals surface area contributed by atoms with Crippen LogP contribution in [0.15, 0.2) is 12.1 Å². The summed E-state index contributed by atoms with van der Waals surface area (Å²) in [6, 6.07) is 1.89. The fourth-order valence-electron chi connectivity index (χ4n) is 3.37. The molecule has 1 saturated heterocycles. The third-order valence-electron chi connectivity index (χ3n) is 4.72. The van der Waals surface area contributed by atoms with Gasteiger partial charge in [0.1, 0.15) is 17.2 Å². The monoisotopic (exact) mass is 297 g/mol. The number of carbonyl (C=O) groups is 1. The summed E-state index contributed by atoms with van der Waals surface area (Å²) >= 11 is 0. The highest BCUT2D eigenvalue weighted by molar-refractivity contribution is 5.79. The minimum absolute atomic E-state index is 0.221. The first-order valence-electron chi connectivity index (χ1n) is 7.29. The summed E-state index contributed by atoms with van der Waals surface area (Å²) in [7, 11) is 0. The molecule has 1 N–H and O–H groups in total. The van der Waals surface area contributed by atoms with Crippen molar-refractivity contribution in [2.24, 2.45) is 0 Å². The minimum atomic E-state index is -0.979. The van der Waals surface area contributed by atoms with Crippen LogP contribution >= 0.6 is 0 Å². The van der Waals surface area contributed by atoms with Gasteiger partial charge in [-0.3, -0.25) is 9.69 Å². The van der Waals surface area contributed by atoms with Gasteiger partial charge >= 0.3 is 5.97 Å². The van der Waals surface area contributed by atoms with Crippen molar-refractivity contribution < 1.29 is 18.7 Å². The SMILES string of the molecule is CCC1(C(=O)O)CCCN1C(C)c1cc(F)c(C)cc1F. The summed E-state index contributed by atoms with van der Waals surface area (Å²) in [5.74, 6) is -1.83. The second-order valence-electron chi connectivity index (χ2n) is 5.79. The van der Waals surface area contributed by atoms with Crippen molar-refractivity contribution in [2.75, 3.05) is 6.54 Å². The van der Waals surface area contributed by atoms with Crippen molar-refractivity contribution in [3.8, 4) is 0 Å². The van der Waals surface area contributed by atoms with Crippen molar-refractivity contribution >= 4 is 5.97 Å². The largest absolute Gasteiger partial charge is 0.480 e. The standard InChI is InChI=1S/C16H21F2NO2/c1-4-16(15(20)21)6-5-7-19(16)11(3)12-9-13(17)10(2)8-14(12)18/h8-9,11H,4-7H2,1-3H3,(H,20,21). The van der Waals surface area contributed by atoms with Gasteiger partial charge in [-0.25, -0.2) is 8.78 Å². The highest BCUT2D eigenvalue weighted by atomic mass is 19.1. The molecule has 1 aliphatic heterocycles. The number of nitrogens with zero attached hydrogens (tertiary/aromatic N) is 1. The molecule has 2 atom stereocenters. The van der Waals surface area contributed by atoms with Crippen molar-refractivity contribution in [1.82, 2.24) is 4.90 Å². The van der Waals surface area contributed by atoms with E-state index >= 15 is 0 Å². The Bertz CT molecular complexity index is 561. The van der Waals surface area contributed by atoms with Crippen LogP contribution in [0.4, 0.5) is 8.78 Å². The van der Waals surface area contributed by atoms with Gasteiger partial charge < -0.3 is 5.11 Å². The lowest BCUT2D eigenvalue weighted by atomic mass is 9.90.